The van der Waals surface area contributed by atoms with Gasteiger partial charge < -0.3 is 19.7 Å². The third-order valence-electron chi connectivity index (χ3n) is 2.92. The quantitative estimate of drug-likeness (QED) is 0.885. The maximum Gasteiger partial charge on any atom is 0.337 e. The van der Waals surface area contributed by atoms with Gasteiger partial charge in [0.1, 0.15) is 11.9 Å². The van der Waals surface area contributed by atoms with Crippen LogP contribution in [-0.4, -0.2) is 35.5 Å². The fourth-order valence-corrected chi connectivity index (χ4v) is 2.14. The monoisotopic (exact) mass is 286 g/mol. The molecule has 0 spiro atoms. The Morgan fingerprint density at radius 2 is 2.32 bits per heavy atom. The highest BCUT2D eigenvalue weighted by atomic mass is 35.5. The third kappa shape index (κ3) is 3.59. The van der Waals surface area contributed by atoms with E-state index < -0.39 is 12.1 Å². The molecule has 5 nitrogen and oxygen atoms in total. The molecular weight excluding hydrogens is 272 g/mol. The van der Waals surface area contributed by atoms with Crippen molar-refractivity contribution in [2.75, 3.05) is 13.2 Å². The lowest BCUT2D eigenvalue weighted by atomic mass is 10.1. The second-order valence-electron chi connectivity index (χ2n) is 4.39. The van der Waals surface area contributed by atoms with E-state index in [-0.39, 0.29) is 16.7 Å². The number of benzene rings is 1. The Balaban J connectivity index is 2.08. The molecule has 1 aromatic rings. The van der Waals surface area contributed by atoms with Gasteiger partial charge in [-0.1, -0.05) is 17.7 Å². The van der Waals surface area contributed by atoms with E-state index in [9.17, 15) is 9.90 Å². The summed E-state index contributed by atoms with van der Waals surface area (Å²) in [4.78, 5) is 10.7. The maximum atomic E-state index is 10.7. The fraction of sp³-hybridized carbons (Fsp3) is 0.462. The van der Waals surface area contributed by atoms with Crippen molar-refractivity contribution < 1.29 is 24.5 Å². The Morgan fingerprint density at radius 1 is 1.53 bits per heavy atom. The first-order chi connectivity index (χ1) is 9.08. The summed E-state index contributed by atoms with van der Waals surface area (Å²) in [7, 11) is 0. The lowest BCUT2D eigenvalue weighted by molar-refractivity contribution is -0.146. The Bertz CT molecular complexity index is 456. The number of aliphatic hydroxyl groups is 1. The van der Waals surface area contributed by atoms with Gasteiger partial charge in [-0.25, -0.2) is 4.79 Å². The third-order valence-corrected chi connectivity index (χ3v) is 3.21. The number of halogens is 1. The molecule has 6 heteroatoms. The van der Waals surface area contributed by atoms with Crippen LogP contribution >= 0.6 is 11.6 Å². The Labute approximate surface area is 115 Å². The predicted octanol–water partition coefficient (Wildman–Crippen LogP) is 2.02. The number of carboxylic acid groups (broad SMARTS) is 1. The minimum Gasteiger partial charge on any atom is -0.486 e. The number of hydrogen-bond acceptors (Lipinski definition) is 4. The summed E-state index contributed by atoms with van der Waals surface area (Å²) < 4.78 is 11.0. The van der Waals surface area contributed by atoms with Gasteiger partial charge in [0, 0.05) is 6.61 Å². The Kier molecular flexibility index (Phi) is 4.63. The highest BCUT2D eigenvalue weighted by Gasteiger charge is 2.20. The van der Waals surface area contributed by atoms with Crippen molar-refractivity contribution in [1.82, 2.24) is 0 Å². The van der Waals surface area contributed by atoms with Gasteiger partial charge in [-0.3, -0.25) is 0 Å². The van der Waals surface area contributed by atoms with E-state index in [1.807, 2.05) is 0 Å². The molecule has 0 aliphatic carbocycles. The minimum absolute atomic E-state index is 0.0403. The van der Waals surface area contributed by atoms with Crippen LogP contribution in [0.5, 0.6) is 5.75 Å². The standard InChI is InChI=1S/C13H15ClO5/c14-10-6-8(12(15)13(16)17)3-4-11(10)19-9-2-1-5-18-7-9/h3-4,6,9,12,15H,1-2,5,7H2,(H,16,17). The number of aliphatic hydroxyl groups excluding tert-OH is 1. The Morgan fingerprint density at radius 3 is 2.89 bits per heavy atom. The van der Waals surface area contributed by atoms with Gasteiger partial charge in [0.05, 0.1) is 11.6 Å². The van der Waals surface area contributed by atoms with Crippen LogP contribution in [0, 0.1) is 0 Å². The first kappa shape index (κ1) is 14.1. The topological polar surface area (TPSA) is 76.0 Å². The molecule has 1 fully saturated rings. The summed E-state index contributed by atoms with van der Waals surface area (Å²) in [5.41, 5.74) is 0.227. The average molecular weight is 287 g/mol. The van der Waals surface area contributed by atoms with Crippen LogP contribution in [0.3, 0.4) is 0 Å². The van der Waals surface area contributed by atoms with Crippen LogP contribution in [0.4, 0.5) is 0 Å². The molecule has 1 aliphatic rings. The van der Waals surface area contributed by atoms with Crippen molar-refractivity contribution in [3.05, 3.63) is 28.8 Å². The summed E-state index contributed by atoms with van der Waals surface area (Å²) in [5.74, 6) is -0.844. The number of hydrogen-bond donors (Lipinski definition) is 2. The lowest BCUT2D eigenvalue weighted by Crippen LogP contribution is -2.28. The van der Waals surface area contributed by atoms with Crippen LogP contribution in [0.25, 0.3) is 0 Å². The molecule has 0 aromatic heterocycles. The zero-order valence-corrected chi connectivity index (χ0v) is 11.0. The van der Waals surface area contributed by atoms with Crippen molar-refractivity contribution >= 4 is 17.6 Å². The molecule has 1 saturated heterocycles. The van der Waals surface area contributed by atoms with E-state index in [4.69, 9.17) is 26.2 Å². The number of carboxylic acids is 1. The van der Waals surface area contributed by atoms with Crippen molar-refractivity contribution in [2.24, 2.45) is 0 Å². The van der Waals surface area contributed by atoms with Crippen molar-refractivity contribution in [1.29, 1.82) is 0 Å². The molecule has 0 saturated carbocycles. The summed E-state index contributed by atoms with van der Waals surface area (Å²) >= 11 is 6.03. The number of ether oxygens (including phenoxy) is 2. The molecule has 1 aromatic carbocycles. The summed E-state index contributed by atoms with van der Waals surface area (Å²) in [6, 6.07) is 4.46. The van der Waals surface area contributed by atoms with Crippen LogP contribution < -0.4 is 4.74 Å². The first-order valence-electron chi connectivity index (χ1n) is 6.02. The zero-order valence-electron chi connectivity index (χ0n) is 10.2. The van der Waals surface area contributed by atoms with Gasteiger partial charge >= 0.3 is 5.97 Å². The van der Waals surface area contributed by atoms with Crippen molar-refractivity contribution in [3.63, 3.8) is 0 Å². The van der Waals surface area contributed by atoms with Crippen molar-refractivity contribution in [2.45, 2.75) is 25.0 Å². The highest BCUT2D eigenvalue weighted by Crippen LogP contribution is 2.29. The van der Waals surface area contributed by atoms with Gasteiger partial charge in [-0.2, -0.15) is 0 Å². The van der Waals surface area contributed by atoms with Crippen LogP contribution in [0.1, 0.15) is 24.5 Å². The van der Waals surface area contributed by atoms with Gasteiger partial charge in [-0.05, 0) is 30.5 Å². The normalized spacial score (nSPS) is 20.8. The largest absolute Gasteiger partial charge is 0.486 e. The van der Waals surface area contributed by atoms with E-state index in [1.54, 1.807) is 6.07 Å². The number of rotatable bonds is 4. The number of carbonyl (C=O) groups is 1. The minimum atomic E-state index is -1.58. The number of aliphatic carboxylic acids is 1. The SMILES string of the molecule is O=C(O)C(O)c1ccc(OC2CCCOC2)c(Cl)c1. The van der Waals surface area contributed by atoms with E-state index in [1.165, 1.54) is 12.1 Å². The molecule has 2 N–H and O–H groups in total. The van der Waals surface area contributed by atoms with E-state index in [0.29, 0.717) is 12.4 Å². The molecule has 2 rings (SSSR count). The molecule has 104 valence electrons. The van der Waals surface area contributed by atoms with E-state index in [0.717, 1.165) is 19.4 Å². The van der Waals surface area contributed by atoms with E-state index in [2.05, 4.69) is 0 Å². The highest BCUT2D eigenvalue weighted by molar-refractivity contribution is 6.32. The molecule has 0 radical (unpaired) electrons. The second kappa shape index (κ2) is 6.23. The molecule has 1 aliphatic heterocycles. The average Bonchev–Trinajstić information content (AvgIpc) is 2.41. The van der Waals surface area contributed by atoms with Crippen LogP contribution in [-0.2, 0) is 9.53 Å². The summed E-state index contributed by atoms with van der Waals surface area (Å²) in [6.07, 6.45) is 0.222. The molecule has 2 atom stereocenters. The van der Waals surface area contributed by atoms with Crippen LogP contribution in [0.2, 0.25) is 5.02 Å². The summed E-state index contributed by atoms with van der Waals surface area (Å²) in [6.45, 7) is 1.27. The fourth-order valence-electron chi connectivity index (χ4n) is 1.91. The van der Waals surface area contributed by atoms with Gasteiger partial charge in [-0.15, -0.1) is 0 Å². The first-order valence-corrected chi connectivity index (χ1v) is 6.40. The second-order valence-corrected chi connectivity index (χ2v) is 4.79. The molecule has 0 amide bonds. The zero-order chi connectivity index (χ0) is 13.8. The van der Waals surface area contributed by atoms with E-state index >= 15 is 0 Å². The predicted molar refractivity (Wildman–Crippen MR) is 68.5 cm³/mol. The molecular formula is C13H15ClO5. The lowest BCUT2D eigenvalue weighted by Gasteiger charge is -2.24. The van der Waals surface area contributed by atoms with Gasteiger partial charge in [0.2, 0.25) is 0 Å². The van der Waals surface area contributed by atoms with Crippen molar-refractivity contribution in [3.8, 4) is 5.75 Å². The van der Waals surface area contributed by atoms with Gasteiger partial charge in [0.15, 0.2) is 6.10 Å². The molecule has 19 heavy (non-hydrogen) atoms. The Hall–Kier alpha value is -1.30. The van der Waals surface area contributed by atoms with Gasteiger partial charge in [0.25, 0.3) is 0 Å². The smallest absolute Gasteiger partial charge is 0.337 e. The maximum absolute atomic E-state index is 10.7. The van der Waals surface area contributed by atoms with Crippen LogP contribution in [0.15, 0.2) is 18.2 Å². The summed E-state index contributed by atoms with van der Waals surface area (Å²) in [5, 5.41) is 18.4. The molecule has 1 heterocycles. The molecule has 0 bridgehead atoms. The molecule has 2 unspecified atom stereocenters.